The number of rotatable bonds is 7. The van der Waals surface area contributed by atoms with Crippen molar-refractivity contribution in [2.75, 3.05) is 4.90 Å². The van der Waals surface area contributed by atoms with Crippen molar-refractivity contribution in [3.05, 3.63) is 206 Å². The maximum atomic E-state index is 5.17. The SMILES string of the molecule is CC(C)(C)c1cccc(N(c2ccccc2)c2ccc(-c3c4ccccc4c(-c4cc(-c5ccccc5)cc(-c5ccccc5)c4)c4ccccc34)cc2)n1. The van der Waals surface area contributed by atoms with Gasteiger partial charge in [-0.1, -0.05) is 166 Å². The molecular formula is C53H42N2. The van der Waals surface area contributed by atoms with E-state index in [1.54, 1.807) is 0 Å². The van der Waals surface area contributed by atoms with Crippen molar-refractivity contribution in [2.24, 2.45) is 0 Å². The highest BCUT2D eigenvalue weighted by Crippen LogP contribution is 2.46. The summed E-state index contributed by atoms with van der Waals surface area (Å²) in [5.41, 5.74) is 12.8. The molecule has 0 amide bonds. The second-order valence-electron chi connectivity index (χ2n) is 15.2. The molecule has 0 saturated heterocycles. The normalized spacial score (nSPS) is 11.5. The van der Waals surface area contributed by atoms with Crippen LogP contribution in [0.25, 0.3) is 66.1 Å². The fourth-order valence-electron chi connectivity index (χ4n) is 7.85. The Hall–Kier alpha value is -6.77. The van der Waals surface area contributed by atoms with Gasteiger partial charge in [-0.2, -0.15) is 0 Å². The van der Waals surface area contributed by atoms with Crippen LogP contribution in [-0.2, 0) is 5.41 Å². The predicted molar refractivity (Wildman–Crippen MR) is 234 cm³/mol. The molecule has 0 N–H and O–H groups in total. The van der Waals surface area contributed by atoms with Crippen molar-refractivity contribution < 1.29 is 0 Å². The molecular weight excluding hydrogens is 665 g/mol. The molecule has 0 fully saturated rings. The predicted octanol–water partition coefficient (Wildman–Crippen LogP) is 14.8. The third kappa shape index (κ3) is 6.57. The molecule has 8 aromatic carbocycles. The number of anilines is 3. The molecule has 1 heterocycles. The van der Waals surface area contributed by atoms with E-state index in [0.717, 1.165) is 22.9 Å². The zero-order chi connectivity index (χ0) is 37.4. The minimum absolute atomic E-state index is 0.0670. The lowest BCUT2D eigenvalue weighted by Gasteiger charge is -2.27. The number of fused-ring (bicyclic) bond motifs is 2. The second kappa shape index (κ2) is 14.2. The van der Waals surface area contributed by atoms with Gasteiger partial charge in [0.15, 0.2) is 0 Å². The van der Waals surface area contributed by atoms with Crippen molar-refractivity contribution in [3.8, 4) is 44.5 Å². The van der Waals surface area contributed by atoms with Crippen LogP contribution < -0.4 is 4.90 Å². The van der Waals surface area contributed by atoms with Crippen molar-refractivity contribution >= 4 is 38.7 Å². The summed E-state index contributed by atoms with van der Waals surface area (Å²) < 4.78 is 0. The standard InChI is InChI=1S/C53H42N2/c1-53(2,3)49-28-17-29-50(54-49)55(43-22-11-6-12-23-43)44-32-30-39(31-33-44)51-45-24-13-15-26-47(45)52(48-27-16-14-25-46(48)51)42-35-40(37-18-7-4-8-19-37)34-41(36-42)38-20-9-5-10-21-38/h4-36H,1-3H3. The highest BCUT2D eigenvalue weighted by atomic mass is 15.2. The van der Waals surface area contributed by atoms with Crippen molar-refractivity contribution in [2.45, 2.75) is 26.2 Å². The van der Waals surface area contributed by atoms with E-state index in [9.17, 15) is 0 Å². The molecule has 9 rings (SSSR count). The van der Waals surface area contributed by atoms with Gasteiger partial charge in [0.1, 0.15) is 5.82 Å². The third-order valence-electron chi connectivity index (χ3n) is 10.5. The fourth-order valence-corrected chi connectivity index (χ4v) is 7.85. The Morgan fingerprint density at radius 2 is 0.764 bits per heavy atom. The first-order valence-electron chi connectivity index (χ1n) is 19.1. The van der Waals surface area contributed by atoms with Crippen LogP contribution in [-0.4, -0.2) is 4.98 Å². The Labute approximate surface area is 324 Å². The molecule has 0 bridgehead atoms. The molecule has 0 aliphatic carbocycles. The lowest BCUT2D eigenvalue weighted by Crippen LogP contribution is -2.17. The highest BCUT2D eigenvalue weighted by molar-refractivity contribution is 6.21. The number of pyridine rings is 1. The number of nitrogens with zero attached hydrogens (tertiary/aromatic N) is 2. The van der Waals surface area contributed by atoms with Gasteiger partial charge >= 0.3 is 0 Å². The van der Waals surface area contributed by atoms with Gasteiger partial charge in [-0.05, 0) is 121 Å². The lowest BCUT2D eigenvalue weighted by molar-refractivity contribution is 0.569. The van der Waals surface area contributed by atoms with Crippen molar-refractivity contribution in [1.29, 1.82) is 0 Å². The van der Waals surface area contributed by atoms with Crippen LogP contribution in [0.2, 0.25) is 0 Å². The Morgan fingerprint density at radius 1 is 0.345 bits per heavy atom. The number of para-hydroxylation sites is 1. The molecule has 1 aromatic heterocycles. The van der Waals surface area contributed by atoms with E-state index in [1.807, 2.05) is 0 Å². The molecule has 0 aliphatic rings. The van der Waals surface area contributed by atoms with Crippen LogP contribution in [0.4, 0.5) is 17.2 Å². The molecule has 0 radical (unpaired) electrons. The molecule has 0 aliphatic heterocycles. The largest absolute Gasteiger partial charge is 0.295 e. The summed E-state index contributed by atoms with van der Waals surface area (Å²) >= 11 is 0. The Bertz CT molecular complexity index is 2650. The summed E-state index contributed by atoms with van der Waals surface area (Å²) in [5.74, 6) is 0.902. The van der Waals surface area contributed by atoms with E-state index in [2.05, 4.69) is 226 Å². The van der Waals surface area contributed by atoms with E-state index in [0.29, 0.717) is 0 Å². The van der Waals surface area contributed by atoms with E-state index >= 15 is 0 Å². The molecule has 0 atom stereocenters. The minimum Gasteiger partial charge on any atom is -0.295 e. The van der Waals surface area contributed by atoms with Crippen LogP contribution in [0.1, 0.15) is 26.5 Å². The average molecular weight is 707 g/mol. The number of benzene rings is 8. The van der Waals surface area contributed by atoms with Crippen LogP contribution in [0.5, 0.6) is 0 Å². The zero-order valence-electron chi connectivity index (χ0n) is 31.4. The molecule has 9 aromatic rings. The van der Waals surface area contributed by atoms with Crippen LogP contribution in [0.3, 0.4) is 0 Å². The van der Waals surface area contributed by atoms with E-state index in [4.69, 9.17) is 4.98 Å². The summed E-state index contributed by atoms with van der Waals surface area (Å²) in [4.78, 5) is 7.43. The Balaban J connectivity index is 1.23. The second-order valence-corrected chi connectivity index (χ2v) is 15.2. The van der Waals surface area contributed by atoms with Gasteiger partial charge in [0.25, 0.3) is 0 Å². The van der Waals surface area contributed by atoms with Gasteiger partial charge in [0, 0.05) is 22.5 Å². The Morgan fingerprint density at radius 3 is 1.25 bits per heavy atom. The molecule has 2 heteroatoms. The molecule has 55 heavy (non-hydrogen) atoms. The van der Waals surface area contributed by atoms with Gasteiger partial charge in [-0.25, -0.2) is 4.98 Å². The summed E-state index contributed by atoms with van der Waals surface area (Å²) in [6, 6.07) is 72.2. The smallest absolute Gasteiger partial charge is 0.137 e. The maximum Gasteiger partial charge on any atom is 0.137 e. The monoisotopic (exact) mass is 706 g/mol. The number of hydrogen-bond donors (Lipinski definition) is 0. The van der Waals surface area contributed by atoms with Gasteiger partial charge in [0.2, 0.25) is 0 Å². The van der Waals surface area contributed by atoms with Gasteiger partial charge in [0.05, 0.1) is 0 Å². The topological polar surface area (TPSA) is 16.1 Å². The third-order valence-corrected chi connectivity index (χ3v) is 10.5. The number of aromatic nitrogens is 1. The first-order chi connectivity index (χ1) is 26.9. The van der Waals surface area contributed by atoms with Gasteiger partial charge in [-0.3, -0.25) is 4.90 Å². The quantitative estimate of drug-likeness (QED) is 0.153. The zero-order valence-corrected chi connectivity index (χ0v) is 31.4. The molecule has 0 spiro atoms. The van der Waals surface area contributed by atoms with E-state index in [1.165, 1.54) is 66.1 Å². The van der Waals surface area contributed by atoms with Gasteiger partial charge in [-0.15, -0.1) is 0 Å². The molecule has 2 nitrogen and oxygen atoms in total. The summed E-state index contributed by atoms with van der Waals surface area (Å²) in [6.45, 7) is 6.63. The molecule has 264 valence electrons. The molecule has 0 saturated carbocycles. The Kier molecular flexibility index (Phi) is 8.80. The maximum absolute atomic E-state index is 5.17. The van der Waals surface area contributed by atoms with E-state index < -0.39 is 0 Å². The van der Waals surface area contributed by atoms with Crippen LogP contribution in [0, 0.1) is 0 Å². The van der Waals surface area contributed by atoms with E-state index in [-0.39, 0.29) is 5.41 Å². The van der Waals surface area contributed by atoms with Crippen molar-refractivity contribution in [3.63, 3.8) is 0 Å². The molecule has 0 unspecified atom stereocenters. The van der Waals surface area contributed by atoms with Crippen molar-refractivity contribution in [1.82, 2.24) is 4.98 Å². The van der Waals surface area contributed by atoms with Crippen LogP contribution in [0.15, 0.2) is 200 Å². The fraction of sp³-hybridized carbons (Fsp3) is 0.0755. The first-order valence-corrected chi connectivity index (χ1v) is 19.1. The minimum atomic E-state index is -0.0670. The first kappa shape index (κ1) is 34.0. The average Bonchev–Trinajstić information content (AvgIpc) is 3.24. The summed E-state index contributed by atoms with van der Waals surface area (Å²) in [7, 11) is 0. The highest BCUT2D eigenvalue weighted by Gasteiger charge is 2.21. The number of hydrogen-bond acceptors (Lipinski definition) is 2. The van der Waals surface area contributed by atoms with Gasteiger partial charge < -0.3 is 0 Å². The summed E-state index contributed by atoms with van der Waals surface area (Å²) in [6.07, 6.45) is 0. The van der Waals surface area contributed by atoms with Crippen LogP contribution >= 0.6 is 0 Å². The summed E-state index contributed by atoms with van der Waals surface area (Å²) in [5, 5.41) is 4.93. The lowest BCUT2D eigenvalue weighted by atomic mass is 9.84.